The van der Waals surface area contributed by atoms with E-state index in [0.717, 1.165) is 68.8 Å². The molecule has 68 heavy (non-hydrogen) atoms. The first-order valence-corrected chi connectivity index (χ1v) is 24.8. The Kier molecular flexibility index (Phi) is 13.6. The van der Waals surface area contributed by atoms with E-state index in [4.69, 9.17) is 15.3 Å². The van der Waals surface area contributed by atoms with Gasteiger partial charge in [0.05, 0.1) is 35.1 Å². The van der Waals surface area contributed by atoms with Crippen LogP contribution < -0.4 is 16.1 Å². The van der Waals surface area contributed by atoms with E-state index < -0.39 is 0 Å². The van der Waals surface area contributed by atoms with Crippen LogP contribution in [0, 0.1) is 6.92 Å². The Morgan fingerprint density at radius 1 is 0.897 bits per heavy atom. The Labute approximate surface area is 410 Å². The van der Waals surface area contributed by atoms with Crippen molar-refractivity contribution in [3.05, 3.63) is 146 Å². The van der Waals surface area contributed by atoms with E-state index in [1.165, 1.54) is 5.56 Å². The van der Waals surface area contributed by atoms with Crippen molar-refractivity contribution >= 4 is 56.2 Å². The minimum absolute atomic E-state index is 0.00384. The fourth-order valence-electron chi connectivity index (χ4n) is 10.1. The van der Waals surface area contributed by atoms with Crippen molar-refractivity contribution in [3.8, 4) is 28.4 Å². The third-order valence-electron chi connectivity index (χ3n) is 14.0. The number of rotatable bonds is 14. The number of nitrogens with two attached hydrogens (primary N) is 1. The van der Waals surface area contributed by atoms with Crippen LogP contribution in [0.15, 0.2) is 95.8 Å². The first kappa shape index (κ1) is 47.1. The van der Waals surface area contributed by atoms with Gasteiger partial charge in [0.25, 0.3) is 11.5 Å². The molecule has 354 valence electrons. The number of aromatic hydroxyl groups is 1. The molecule has 0 aliphatic carbocycles. The second-order valence-electron chi connectivity index (χ2n) is 18.3. The predicted molar refractivity (Wildman–Crippen MR) is 276 cm³/mol. The van der Waals surface area contributed by atoms with Crippen LogP contribution in [0.25, 0.3) is 38.8 Å². The number of aryl methyl sites for hydroxylation is 2. The van der Waals surface area contributed by atoms with Gasteiger partial charge in [-0.15, -0.1) is 0 Å². The second-order valence-corrected chi connectivity index (χ2v) is 20.1. The summed E-state index contributed by atoms with van der Waals surface area (Å²) in [5.74, 6) is 6.78. The molecule has 9 rings (SSSR count). The van der Waals surface area contributed by atoms with Gasteiger partial charge in [0.1, 0.15) is 22.2 Å². The zero-order chi connectivity index (χ0) is 48.0. The van der Waals surface area contributed by atoms with Gasteiger partial charge >= 0.3 is 0 Å². The predicted octanol–water partition coefficient (Wildman–Crippen LogP) is 8.13. The monoisotopic (exact) mass is 1030 g/mol. The molecule has 2 aliphatic heterocycles. The lowest BCUT2D eigenvalue weighted by atomic mass is 9.89. The largest absolute Gasteiger partial charge is 0.508 e. The molecule has 0 saturated heterocycles. The molecule has 0 saturated carbocycles. The lowest BCUT2D eigenvalue weighted by Crippen LogP contribution is -2.43. The van der Waals surface area contributed by atoms with E-state index in [9.17, 15) is 14.7 Å². The van der Waals surface area contributed by atoms with Crippen molar-refractivity contribution in [2.24, 2.45) is 19.9 Å². The number of ether oxygens (including phenoxy) is 2. The van der Waals surface area contributed by atoms with Gasteiger partial charge in [-0.25, -0.2) is 5.01 Å². The normalized spacial score (nSPS) is 15.3. The molecule has 2 amide bonds. The second kappa shape index (κ2) is 19.6. The maximum atomic E-state index is 15.2. The number of hydrogen-bond acceptors (Lipinski definition) is 8. The Bertz CT molecular complexity index is 3120. The van der Waals surface area contributed by atoms with Crippen molar-refractivity contribution < 1.29 is 24.2 Å². The Morgan fingerprint density at radius 3 is 2.38 bits per heavy atom. The van der Waals surface area contributed by atoms with E-state index in [-0.39, 0.29) is 39.7 Å². The standard InChI is InChI=1S/C54H60IN7O6/c1-7-41-28-49(34(3)57(41)5)62-48-17-14-42(63)29-46(48)52-47(54(62)66)30-50(58(52)6)44-26-38-18-19-59(31-40(38)27-45(44)53(65)61-32-39-11-9-8-10-37(39)24-33(61)2)51(64)25-36-12-15-43(16-13-36)68-23-21-60(56)20-22-67-35(4)55/h8-17,26-30,33,35,63H,7,18-25,31-32,56H2,1-6H3/t33-,35+/m1/s1. The van der Waals surface area contributed by atoms with Crippen LogP contribution in [-0.4, -0.2) is 88.4 Å². The van der Waals surface area contributed by atoms with E-state index >= 15 is 4.79 Å². The van der Waals surface area contributed by atoms with Gasteiger partial charge < -0.3 is 33.5 Å². The number of amides is 2. The number of phenols is 1. The molecule has 13 nitrogen and oxygen atoms in total. The summed E-state index contributed by atoms with van der Waals surface area (Å²) in [5.41, 5.74) is 11.2. The molecular weight excluding hydrogens is 970 g/mol. The summed E-state index contributed by atoms with van der Waals surface area (Å²) in [6.07, 6.45) is 2.38. The highest BCUT2D eigenvalue weighted by Crippen LogP contribution is 2.38. The number of benzene rings is 4. The molecule has 0 radical (unpaired) electrons. The highest BCUT2D eigenvalue weighted by atomic mass is 127. The summed E-state index contributed by atoms with van der Waals surface area (Å²) < 4.78 is 17.5. The van der Waals surface area contributed by atoms with Crippen molar-refractivity contribution in [1.82, 2.24) is 28.5 Å². The lowest BCUT2D eigenvalue weighted by Gasteiger charge is -2.36. The van der Waals surface area contributed by atoms with Crippen LogP contribution in [0.2, 0.25) is 0 Å². The van der Waals surface area contributed by atoms with E-state index in [0.29, 0.717) is 80.1 Å². The third-order valence-corrected chi connectivity index (χ3v) is 14.3. The van der Waals surface area contributed by atoms with E-state index in [1.807, 2.05) is 90.8 Å². The number of phenolic OH excluding ortho intramolecular Hbond substituents is 1. The molecule has 0 spiro atoms. The summed E-state index contributed by atoms with van der Waals surface area (Å²) >= 11 is 2.21. The minimum Gasteiger partial charge on any atom is -0.508 e. The van der Waals surface area contributed by atoms with Gasteiger partial charge in [0.2, 0.25) is 5.91 Å². The summed E-state index contributed by atoms with van der Waals surface area (Å²) in [5, 5.41) is 13.8. The average Bonchev–Trinajstić information content (AvgIpc) is 3.82. The number of fused-ring (bicyclic) bond motifs is 5. The fraction of sp³-hybridized carbons (Fsp3) is 0.352. The first-order valence-electron chi connectivity index (χ1n) is 23.5. The number of halogens is 1. The van der Waals surface area contributed by atoms with Crippen molar-refractivity contribution in [3.63, 3.8) is 0 Å². The minimum atomic E-state index is -0.179. The lowest BCUT2D eigenvalue weighted by molar-refractivity contribution is -0.131. The van der Waals surface area contributed by atoms with Gasteiger partial charge in [-0.05, 0) is 122 Å². The van der Waals surface area contributed by atoms with E-state index in [2.05, 4.69) is 65.3 Å². The highest BCUT2D eigenvalue weighted by Gasteiger charge is 2.32. The van der Waals surface area contributed by atoms with Gasteiger partial charge in [-0.2, -0.15) is 0 Å². The highest BCUT2D eigenvalue weighted by molar-refractivity contribution is 14.1. The topological polar surface area (TPSA) is 140 Å². The van der Waals surface area contributed by atoms with Crippen LogP contribution in [0.4, 0.5) is 0 Å². The number of nitrogens with zero attached hydrogens (tertiary/aromatic N) is 6. The molecule has 0 bridgehead atoms. The maximum Gasteiger partial charge on any atom is 0.265 e. The van der Waals surface area contributed by atoms with E-state index in [1.54, 1.807) is 27.8 Å². The fourth-order valence-corrected chi connectivity index (χ4v) is 10.3. The maximum absolute atomic E-state index is 15.2. The molecule has 5 heterocycles. The van der Waals surface area contributed by atoms with Crippen molar-refractivity contribution in [2.75, 3.05) is 32.8 Å². The quantitative estimate of drug-likeness (QED) is 0.0482. The molecule has 2 aliphatic rings. The molecule has 7 aromatic rings. The molecule has 2 atom stereocenters. The van der Waals surface area contributed by atoms with Gasteiger partial charge in [0.15, 0.2) is 0 Å². The van der Waals surface area contributed by atoms with Crippen LogP contribution in [0.3, 0.4) is 0 Å². The Hall–Kier alpha value is -5.94. The first-order chi connectivity index (χ1) is 32.7. The summed E-state index contributed by atoms with van der Waals surface area (Å²) in [6.45, 7) is 11.7. The molecular formula is C54H60IN7O6. The zero-order valence-electron chi connectivity index (χ0n) is 39.7. The third kappa shape index (κ3) is 9.18. The Balaban J connectivity index is 1.05. The molecule has 3 aromatic heterocycles. The van der Waals surface area contributed by atoms with Crippen molar-refractivity contribution in [1.29, 1.82) is 0 Å². The number of hydrogen-bond donors (Lipinski definition) is 2. The summed E-state index contributed by atoms with van der Waals surface area (Å²) in [6, 6.07) is 29.1. The number of carbonyl (C=O) groups excluding carboxylic acids is 2. The van der Waals surface area contributed by atoms with Crippen LogP contribution in [-0.2, 0) is 62.4 Å². The van der Waals surface area contributed by atoms with Gasteiger partial charge in [0, 0.05) is 86.5 Å². The van der Waals surface area contributed by atoms with Crippen LogP contribution in [0.1, 0.15) is 70.3 Å². The smallest absolute Gasteiger partial charge is 0.265 e. The molecule has 14 heteroatoms. The number of alkyl halides is 1. The zero-order valence-corrected chi connectivity index (χ0v) is 41.9. The molecule has 4 aromatic carbocycles. The summed E-state index contributed by atoms with van der Waals surface area (Å²) in [7, 11) is 3.95. The molecule has 0 unspecified atom stereocenters. The van der Waals surface area contributed by atoms with Gasteiger partial charge in [-0.3, -0.25) is 24.8 Å². The van der Waals surface area contributed by atoms with Crippen LogP contribution in [0.5, 0.6) is 11.5 Å². The summed E-state index contributed by atoms with van der Waals surface area (Å²) in [4.78, 5) is 48.0. The number of aromatic nitrogens is 3. The Morgan fingerprint density at radius 2 is 1.65 bits per heavy atom. The molecule has 3 N–H and O–H groups in total. The number of hydrazine groups is 1. The van der Waals surface area contributed by atoms with Gasteiger partial charge in [-0.1, -0.05) is 65.9 Å². The molecule has 0 fully saturated rings. The van der Waals surface area contributed by atoms with Crippen molar-refractivity contribution in [2.45, 2.75) is 76.6 Å². The number of carbonyl (C=O) groups is 2. The van der Waals surface area contributed by atoms with Crippen LogP contribution >= 0.6 is 22.6 Å². The average molecular weight is 1030 g/mol. The number of pyridine rings is 1. The SMILES string of the molecule is CCc1cc(-n2c(=O)c3cc(-c4cc5c(cc4C(=O)N4Cc6ccccc6C[C@H]4C)CN(C(=O)Cc4ccc(OCCN(N)CCO[C@@H](C)I)cc4)CC5)n(C)c3c3cc(O)ccc32)c(C)n1C.